The highest BCUT2D eigenvalue weighted by Gasteiger charge is 2.51. The molecule has 0 aromatic carbocycles. The molecule has 1 aliphatic carbocycles. The lowest BCUT2D eigenvalue weighted by molar-refractivity contribution is -0.183. The van der Waals surface area contributed by atoms with Gasteiger partial charge in [0.05, 0.1) is 13.2 Å². The van der Waals surface area contributed by atoms with Crippen LogP contribution in [0.2, 0.25) is 0 Å². The van der Waals surface area contributed by atoms with Gasteiger partial charge in [-0.2, -0.15) is 0 Å². The van der Waals surface area contributed by atoms with Gasteiger partial charge in [0.25, 0.3) is 5.91 Å². The van der Waals surface area contributed by atoms with E-state index in [0.717, 1.165) is 51.5 Å². The second kappa shape index (κ2) is 4.95. The summed E-state index contributed by atoms with van der Waals surface area (Å²) in [7, 11) is 0. The van der Waals surface area contributed by atoms with Crippen molar-refractivity contribution in [3.63, 3.8) is 0 Å². The fraction of sp³-hybridized carbons (Fsp3) is 0.867. The molecule has 3 aliphatic heterocycles. The highest BCUT2D eigenvalue weighted by molar-refractivity contribution is 6.04. The Kier molecular flexibility index (Phi) is 3.19. The summed E-state index contributed by atoms with van der Waals surface area (Å²) in [6.07, 6.45) is 6.02. The average Bonchev–Trinajstić information content (AvgIpc) is 3.06. The minimum absolute atomic E-state index is 0.0221. The third kappa shape index (κ3) is 2.07. The normalized spacial score (nSPS) is 33.0. The molecule has 21 heavy (non-hydrogen) atoms. The number of rotatable bonds is 1. The third-order valence-electron chi connectivity index (χ3n) is 5.37. The zero-order chi connectivity index (χ0) is 14.4. The van der Waals surface area contributed by atoms with Crippen LogP contribution < -0.4 is 0 Å². The second-order valence-corrected chi connectivity index (χ2v) is 6.53. The van der Waals surface area contributed by atoms with E-state index < -0.39 is 5.79 Å². The zero-order valence-electron chi connectivity index (χ0n) is 12.3. The first-order chi connectivity index (χ1) is 10.2. The summed E-state index contributed by atoms with van der Waals surface area (Å²) in [5.41, 5.74) is 0. The summed E-state index contributed by atoms with van der Waals surface area (Å²) < 4.78 is 11.4. The summed E-state index contributed by atoms with van der Waals surface area (Å²) in [4.78, 5) is 28.4. The molecule has 6 nitrogen and oxygen atoms in total. The van der Waals surface area contributed by atoms with E-state index in [1.807, 2.05) is 0 Å². The van der Waals surface area contributed by atoms with Gasteiger partial charge in [0.15, 0.2) is 5.79 Å². The maximum Gasteiger partial charge on any atom is 0.327 e. The van der Waals surface area contributed by atoms with Crippen LogP contribution in [0.25, 0.3) is 0 Å². The molecule has 4 fully saturated rings. The molecule has 1 spiro atoms. The molecule has 0 N–H and O–H groups in total. The number of carbonyl (C=O) groups excluding carboxylic acids is 2. The van der Waals surface area contributed by atoms with Crippen LogP contribution in [0.1, 0.15) is 44.9 Å². The molecule has 3 heterocycles. The van der Waals surface area contributed by atoms with Crippen molar-refractivity contribution in [3.05, 3.63) is 0 Å². The van der Waals surface area contributed by atoms with Crippen molar-refractivity contribution in [2.24, 2.45) is 0 Å². The maximum absolute atomic E-state index is 12.6. The molecule has 116 valence electrons. The van der Waals surface area contributed by atoms with Crippen LogP contribution in [0.3, 0.4) is 0 Å². The van der Waals surface area contributed by atoms with Gasteiger partial charge in [-0.05, 0) is 32.1 Å². The molecule has 0 radical (unpaired) electrons. The van der Waals surface area contributed by atoms with Crippen molar-refractivity contribution >= 4 is 11.9 Å². The number of urea groups is 1. The molecular formula is C15H22N2O4. The fourth-order valence-corrected chi connectivity index (χ4v) is 4.23. The van der Waals surface area contributed by atoms with Gasteiger partial charge >= 0.3 is 6.03 Å². The van der Waals surface area contributed by atoms with E-state index in [2.05, 4.69) is 0 Å². The Hall–Kier alpha value is -1.14. The molecule has 0 bridgehead atoms. The first-order valence-corrected chi connectivity index (χ1v) is 8.12. The molecule has 0 unspecified atom stereocenters. The monoisotopic (exact) mass is 294 g/mol. The van der Waals surface area contributed by atoms with Crippen LogP contribution in [-0.4, -0.2) is 59.4 Å². The van der Waals surface area contributed by atoms with E-state index in [1.165, 1.54) is 4.90 Å². The van der Waals surface area contributed by atoms with Crippen molar-refractivity contribution < 1.29 is 19.1 Å². The molecule has 4 rings (SSSR count). The van der Waals surface area contributed by atoms with Crippen LogP contribution >= 0.6 is 0 Å². The van der Waals surface area contributed by atoms with E-state index in [1.54, 1.807) is 4.90 Å². The number of carbonyl (C=O) groups is 2. The van der Waals surface area contributed by atoms with Crippen molar-refractivity contribution in [1.82, 2.24) is 9.80 Å². The molecule has 3 amide bonds. The maximum atomic E-state index is 12.6. The van der Waals surface area contributed by atoms with Crippen molar-refractivity contribution in [2.75, 3.05) is 19.8 Å². The van der Waals surface area contributed by atoms with Gasteiger partial charge < -0.3 is 14.4 Å². The fourth-order valence-electron chi connectivity index (χ4n) is 4.23. The van der Waals surface area contributed by atoms with Crippen LogP contribution in [0.5, 0.6) is 0 Å². The van der Waals surface area contributed by atoms with Gasteiger partial charge in [0.1, 0.15) is 6.04 Å². The predicted octanol–water partition coefficient (Wildman–Crippen LogP) is 1.49. The highest BCUT2D eigenvalue weighted by Crippen LogP contribution is 2.39. The lowest BCUT2D eigenvalue weighted by atomic mass is 9.89. The van der Waals surface area contributed by atoms with Crippen LogP contribution in [0, 0.1) is 0 Å². The number of hydrogen-bond acceptors (Lipinski definition) is 4. The SMILES string of the molecule is O=C1[C@H]2CCCCN2C(=O)N1C1CCC2(CC1)OCCO2. The van der Waals surface area contributed by atoms with E-state index in [-0.39, 0.29) is 24.0 Å². The van der Waals surface area contributed by atoms with Gasteiger partial charge in [-0.15, -0.1) is 0 Å². The molecule has 3 saturated heterocycles. The molecule has 1 saturated carbocycles. The lowest BCUT2D eigenvalue weighted by Gasteiger charge is -2.38. The Morgan fingerprint density at radius 3 is 2.38 bits per heavy atom. The Bertz CT molecular complexity index is 427. The number of imide groups is 1. The molecule has 0 aromatic rings. The number of hydrogen-bond donors (Lipinski definition) is 0. The van der Waals surface area contributed by atoms with Crippen molar-refractivity contribution in [2.45, 2.75) is 62.8 Å². The molecule has 0 aromatic heterocycles. The minimum Gasteiger partial charge on any atom is -0.348 e. The standard InChI is InChI=1S/C15H22N2O4/c18-13-12-3-1-2-8-16(12)14(19)17(13)11-4-6-15(7-5-11)20-9-10-21-15/h11-12H,1-10H2/t12-/m1/s1. The first-order valence-electron chi connectivity index (χ1n) is 8.12. The Morgan fingerprint density at radius 1 is 1.00 bits per heavy atom. The quantitative estimate of drug-likeness (QED) is 0.688. The van der Waals surface area contributed by atoms with Gasteiger partial charge in [-0.1, -0.05) is 0 Å². The topological polar surface area (TPSA) is 59.1 Å². The van der Waals surface area contributed by atoms with E-state index in [9.17, 15) is 9.59 Å². The lowest BCUT2D eigenvalue weighted by Crippen LogP contribution is -2.47. The highest BCUT2D eigenvalue weighted by atomic mass is 16.7. The van der Waals surface area contributed by atoms with Gasteiger partial charge in [0.2, 0.25) is 0 Å². The van der Waals surface area contributed by atoms with Crippen LogP contribution in [-0.2, 0) is 14.3 Å². The van der Waals surface area contributed by atoms with Crippen molar-refractivity contribution in [3.8, 4) is 0 Å². The number of amides is 3. The molecule has 6 heteroatoms. The first kappa shape index (κ1) is 13.5. The number of nitrogens with zero attached hydrogens (tertiary/aromatic N) is 2. The van der Waals surface area contributed by atoms with Crippen LogP contribution in [0.15, 0.2) is 0 Å². The number of fused-ring (bicyclic) bond motifs is 1. The largest absolute Gasteiger partial charge is 0.348 e. The summed E-state index contributed by atoms with van der Waals surface area (Å²) in [6, 6.07) is -0.242. The Morgan fingerprint density at radius 2 is 1.71 bits per heavy atom. The van der Waals surface area contributed by atoms with E-state index in [4.69, 9.17) is 9.47 Å². The number of piperidine rings is 1. The van der Waals surface area contributed by atoms with Gasteiger partial charge in [0, 0.05) is 25.4 Å². The summed E-state index contributed by atoms with van der Waals surface area (Å²) in [5, 5.41) is 0. The van der Waals surface area contributed by atoms with Gasteiger partial charge in [-0.25, -0.2) is 4.79 Å². The second-order valence-electron chi connectivity index (χ2n) is 6.53. The predicted molar refractivity (Wildman–Crippen MR) is 73.5 cm³/mol. The summed E-state index contributed by atoms with van der Waals surface area (Å²) in [5.74, 6) is -0.413. The summed E-state index contributed by atoms with van der Waals surface area (Å²) in [6.45, 7) is 2.04. The van der Waals surface area contributed by atoms with Crippen LogP contribution in [0.4, 0.5) is 4.79 Å². The average molecular weight is 294 g/mol. The van der Waals surface area contributed by atoms with Gasteiger partial charge in [-0.3, -0.25) is 9.69 Å². The smallest absolute Gasteiger partial charge is 0.327 e. The van der Waals surface area contributed by atoms with Crippen molar-refractivity contribution in [1.29, 1.82) is 0 Å². The Balaban J connectivity index is 1.47. The summed E-state index contributed by atoms with van der Waals surface area (Å²) >= 11 is 0. The third-order valence-corrected chi connectivity index (χ3v) is 5.37. The molecule has 4 aliphatic rings. The molecular weight excluding hydrogens is 272 g/mol. The minimum atomic E-state index is -0.435. The Labute approximate surface area is 124 Å². The van der Waals surface area contributed by atoms with E-state index in [0.29, 0.717) is 13.2 Å². The number of ether oxygens (including phenoxy) is 2. The van der Waals surface area contributed by atoms with E-state index >= 15 is 0 Å². The molecule has 1 atom stereocenters. The zero-order valence-corrected chi connectivity index (χ0v) is 12.3.